The fraction of sp³-hybridized carbons (Fsp3) is 0.474. The van der Waals surface area contributed by atoms with Gasteiger partial charge in [0, 0.05) is 31.8 Å². The van der Waals surface area contributed by atoms with Crippen LogP contribution in [-0.2, 0) is 6.54 Å². The van der Waals surface area contributed by atoms with Crippen molar-refractivity contribution in [1.82, 2.24) is 4.90 Å². The van der Waals surface area contributed by atoms with E-state index in [2.05, 4.69) is 55.1 Å². The van der Waals surface area contributed by atoms with Gasteiger partial charge in [-0.25, -0.2) is 0 Å². The Labute approximate surface area is 133 Å². The van der Waals surface area contributed by atoms with Crippen molar-refractivity contribution in [1.29, 1.82) is 0 Å². The fourth-order valence-corrected chi connectivity index (χ4v) is 3.35. The molecule has 118 valence electrons. The Morgan fingerprint density at radius 1 is 1.05 bits per heavy atom. The molecule has 0 atom stereocenters. The quantitative estimate of drug-likeness (QED) is 0.838. The van der Waals surface area contributed by atoms with Crippen molar-refractivity contribution in [2.75, 3.05) is 32.1 Å². The van der Waals surface area contributed by atoms with Gasteiger partial charge in [0.25, 0.3) is 0 Å². The summed E-state index contributed by atoms with van der Waals surface area (Å²) < 4.78 is 6.17. The zero-order valence-corrected chi connectivity index (χ0v) is 13.9. The van der Waals surface area contributed by atoms with Crippen molar-refractivity contribution < 1.29 is 4.42 Å². The molecule has 1 aromatic carbocycles. The molecule has 1 fully saturated rings. The van der Waals surface area contributed by atoms with Gasteiger partial charge in [0.05, 0.1) is 5.69 Å². The number of rotatable bonds is 4. The number of benzene rings is 1. The third kappa shape index (κ3) is 3.05. The molecule has 3 heteroatoms. The maximum atomic E-state index is 6.17. The van der Waals surface area contributed by atoms with Crippen LogP contribution in [0.4, 0.5) is 5.69 Å². The van der Waals surface area contributed by atoms with Crippen molar-refractivity contribution in [3.8, 4) is 11.3 Å². The highest BCUT2D eigenvalue weighted by molar-refractivity contribution is 5.77. The number of anilines is 1. The second kappa shape index (κ2) is 6.57. The third-order valence-corrected chi connectivity index (χ3v) is 4.49. The lowest BCUT2D eigenvalue weighted by atomic mass is 10.1. The lowest BCUT2D eigenvalue weighted by molar-refractivity contribution is 0.220. The maximum absolute atomic E-state index is 6.17. The molecule has 22 heavy (non-hydrogen) atoms. The van der Waals surface area contributed by atoms with Gasteiger partial charge in [-0.3, -0.25) is 4.90 Å². The monoisotopic (exact) mass is 298 g/mol. The molecule has 0 N–H and O–H groups in total. The fourth-order valence-electron chi connectivity index (χ4n) is 3.35. The van der Waals surface area contributed by atoms with E-state index in [0.717, 1.165) is 23.6 Å². The van der Waals surface area contributed by atoms with Crippen molar-refractivity contribution >= 4 is 5.69 Å². The van der Waals surface area contributed by atoms with E-state index in [-0.39, 0.29) is 0 Å². The lowest BCUT2D eigenvalue weighted by Gasteiger charge is -2.27. The molecule has 2 heterocycles. The van der Waals surface area contributed by atoms with Crippen molar-refractivity contribution in [2.24, 2.45) is 0 Å². The molecular formula is C19H26N2O. The van der Waals surface area contributed by atoms with E-state index in [1.165, 1.54) is 43.6 Å². The van der Waals surface area contributed by atoms with Gasteiger partial charge in [0.15, 0.2) is 5.76 Å². The minimum Gasteiger partial charge on any atom is -0.459 e. The first-order chi connectivity index (χ1) is 10.7. The minimum absolute atomic E-state index is 0.995. The first kappa shape index (κ1) is 15.2. The third-order valence-electron chi connectivity index (χ3n) is 4.49. The van der Waals surface area contributed by atoms with Crippen LogP contribution in [0.2, 0.25) is 0 Å². The molecule has 3 rings (SSSR count). The lowest BCUT2D eigenvalue weighted by Crippen LogP contribution is -2.29. The molecular weight excluding hydrogens is 272 g/mol. The summed E-state index contributed by atoms with van der Waals surface area (Å²) in [6.07, 6.45) is 4.01. The Morgan fingerprint density at radius 3 is 2.36 bits per heavy atom. The standard InChI is InChI=1S/C19H26N2O/c1-15-17(14-21-12-8-5-9-13-21)18(20(2)3)19(22-15)16-10-6-4-7-11-16/h4,6-7,10-11H,5,8-9,12-14H2,1-3H3. The second-order valence-electron chi connectivity index (χ2n) is 6.41. The average molecular weight is 298 g/mol. The molecule has 1 aliphatic heterocycles. The zero-order valence-electron chi connectivity index (χ0n) is 13.9. The molecule has 0 aliphatic carbocycles. The molecule has 0 saturated carbocycles. The molecule has 1 aliphatic rings. The highest BCUT2D eigenvalue weighted by Crippen LogP contribution is 2.38. The van der Waals surface area contributed by atoms with E-state index in [9.17, 15) is 0 Å². The highest BCUT2D eigenvalue weighted by atomic mass is 16.3. The predicted octanol–water partition coefficient (Wildman–Crippen LogP) is 4.31. The van der Waals surface area contributed by atoms with Gasteiger partial charge in [0.2, 0.25) is 0 Å². The van der Waals surface area contributed by atoms with Gasteiger partial charge < -0.3 is 9.32 Å². The number of hydrogen-bond acceptors (Lipinski definition) is 3. The number of hydrogen-bond donors (Lipinski definition) is 0. The molecule has 0 radical (unpaired) electrons. The summed E-state index contributed by atoms with van der Waals surface area (Å²) in [5.74, 6) is 2.04. The SMILES string of the molecule is Cc1oc(-c2ccccc2)c(N(C)C)c1CN1CCCCC1. The van der Waals surface area contributed by atoms with Gasteiger partial charge in [-0.15, -0.1) is 0 Å². The van der Waals surface area contributed by atoms with Gasteiger partial charge in [0.1, 0.15) is 5.76 Å². The van der Waals surface area contributed by atoms with Crippen LogP contribution in [0.25, 0.3) is 11.3 Å². The van der Waals surface area contributed by atoms with E-state index in [0.29, 0.717) is 0 Å². The van der Waals surface area contributed by atoms with E-state index in [1.807, 2.05) is 6.07 Å². The summed E-state index contributed by atoms with van der Waals surface area (Å²) in [5, 5.41) is 0. The summed E-state index contributed by atoms with van der Waals surface area (Å²) >= 11 is 0. The van der Waals surface area contributed by atoms with E-state index >= 15 is 0 Å². The first-order valence-corrected chi connectivity index (χ1v) is 8.24. The maximum Gasteiger partial charge on any atom is 0.157 e. The smallest absolute Gasteiger partial charge is 0.157 e. The summed E-state index contributed by atoms with van der Waals surface area (Å²) in [6, 6.07) is 10.4. The van der Waals surface area contributed by atoms with Crippen molar-refractivity contribution in [3.05, 3.63) is 41.7 Å². The summed E-state index contributed by atoms with van der Waals surface area (Å²) in [5.41, 5.74) is 3.72. The van der Waals surface area contributed by atoms with Crippen LogP contribution in [0.1, 0.15) is 30.6 Å². The largest absolute Gasteiger partial charge is 0.459 e. The van der Waals surface area contributed by atoms with Crippen molar-refractivity contribution in [3.63, 3.8) is 0 Å². The molecule has 2 aromatic rings. The second-order valence-corrected chi connectivity index (χ2v) is 6.41. The van der Waals surface area contributed by atoms with Crippen LogP contribution in [0.15, 0.2) is 34.7 Å². The molecule has 0 amide bonds. The number of nitrogens with zero attached hydrogens (tertiary/aromatic N) is 2. The zero-order chi connectivity index (χ0) is 15.5. The summed E-state index contributed by atoms with van der Waals surface area (Å²) in [6.45, 7) is 5.50. The van der Waals surface area contributed by atoms with Gasteiger partial charge in [-0.05, 0) is 32.9 Å². The Kier molecular flexibility index (Phi) is 4.53. The van der Waals surface area contributed by atoms with Gasteiger partial charge in [-0.2, -0.15) is 0 Å². The molecule has 0 bridgehead atoms. The topological polar surface area (TPSA) is 19.6 Å². The summed E-state index contributed by atoms with van der Waals surface area (Å²) in [4.78, 5) is 4.75. The normalized spacial score (nSPS) is 16.0. The van der Waals surface area contributed by atoms with Crippen LogP contribution in [-0.4, -0.2) is 32.1 Å². The average Bonchev–Trinajstić information content (AvgIpc) is 2.86. The Balaban J connectivity index is 1.97. The Morgan fingerprint density at radius 2 is 1.73 bits per heavy atom. The molecule has 0 unspecified atom stereocenters. The predicted molar refractivity (Wildman–Crippen MR) is 92.3 cm³/mol. The first-order valence-electron chi connectivity index (χ1n) is 8.24. The molecule has 0 spiro atoms. The molecule has 1 saturated heterocycles. The summed E-state index contributed by atoms with van der Waals surface area (Å²) in [7, 11) is 4.22. The van der Waals surface area contributed by atoms with Crippen LogP contribution in [0.5, 0.6) is 0 Å². The van der Waals surface area contributed by atoms with E-state index in [1.54, 1.807) is 0 Å². The van der Waals surface area contributed by atoms with E-state index in [4.69, 9.17) is 4.42 Å². The van der Waals surface area contributed by atoms with Crippen molar-refractivity contribution in [2.45, 2.75) is 32.7 Å². The molecule has 3 nitrogen and oxygen atoms in total. The minimum atomic E-state index is 0.995. The number of likely N-dealkylation sites (tertiary alicyclic amines) is 1. The van der Waals surface area contributed by atoms with Gasteiger partial charge in [-0.1, -0.05) is 36.8 Å². The van der Waals surface area contributed by atoms with Crippen LogP contribution in [0, 0.1) is 6.92 Å². The van der Waals surface area contributed by atoms with E-state index < -0.39 is 0 Å². The number of furan rings is 1. The van der Waals surface area contributed by atoms with Crippen LogP contribution < -0.4 is 4.90 Å². The Bertz CT molecular complexity index is 610. The van der Waals surface area contributed by atoms with Gasteiger partial charge >= 0.3 is 0 Å². The highest BCUT2D eigenvalue weighted by Gasteiger charge is 2.23. The number of aryl methyl sites for hydroxylation is 1. The molecule has 1 aromatic heterocycles. The van der Waals surface area contributed by atoms with Crippen LogP contribution >= 0.6 is 0 Å². The Hall–Kier alpha value is -1.74. The van der Waals surface area contributed by atoms with Crippen LogP contribution in [0.3, 0.4) is 0 Å². The number of piperidine rings is 1.